The fourth-order valence-electron chi connectivity index (χ4n) is 15.2. The average Bonchev–Trinajstić information content (AvgIpc) is 3.15. The van der Waals surface area contributed by atoms with Crippen LogP contribution in [0.2, 0.25) is 0 Å². The predicted octanol–water partition coefficient (Wildman–Crippen LogP) is 3.18. The average molecular weight is 329 g/mol. The molecule has 12 fully saturated rings. The Balaban J connectivity index is 1.49. The molecule has 0 heterocycles. The topological polar surface area (TPSA) is 0 Å². The summed E-state index contributed by atoms with van der Waals surface area (Å²) in [6.07, 6.45) is 0. The Kier molecular flexibility index (Phi) is 0.928. The van der Waals surface area contributed by atoms with Gasteiger partial charge in [-0.25, -0.2) is 0 Å². The van der Waals surface area contributed by atoms with E-state index in [4.69, 9.17) is 23.2 Å². The smallest absolute Gasteiger partial charge is 0.0548 e. The maximum atomic E-state index is 7.75. The van der Waals surface area contributed by atoms with Gasteiger partial charge in [-0.05, 0) is 107 Å². The molecule has 12 aliphatic rings. The molecule has 0 saturated heterocycles. The van der Waals surface area contributed by atoms with E-state index in [0.717, 1.165) is 107 Å². The summed E-state index contributed by atoms with van der Waals surface area (Å²) in [7, 11) is 0. The fourth-order valence-corrected chi connectivity index (χ4v) is 17.0. The van der Waals surface area contributed by atoms with Gasteiger partial charge in [0.15, 0.2) is 0 Å². The largest absolute Gasteiger partial charge is 0.118 e. The third kappa shape index (κ3) is 0.449. The monoisotopic (exact) mass is 328 g/mol. The summed E-state index contributed by atoms with van der Waals surface area (Å²) in [6.45, 7) is 0. The van der Waals surface area contributed by atoms with Gasteiger partial charge in [0.2, 0.25) is 0 Å². The Morgan fingerprint density at radius 2 is 0.545 bits per heavy atom. The molecule has 0 spiro atoms. The van der Waals surface area contributed by atoms with E-state index >= 15 is 0 Å². The first-order chi connectivity index (χ1) is 10.7. The minimum atomic E-state index is 0.297. The van der Waals surface area contributed by atoms with Gasteiger partial charge in [-0.3, -0.25) is 0 Å². The highest BCUT2D eigenvalue weighted by Crippen LogP contribution is 3.04. The van der Waals surface area contributed by atoms with Crippen molar-refractivity contribution in [2.24, 2.45) is 107 Å². The molecular formula is C20H18Cl2. The van der Waals surface area contributed by atoms with Crippen molar-refractivity contribution in [1.82, 2.24) is 0 Å². The lowest BCUT2D eigenvalue weighted by Gasteiger charge is -2.37. The predicted molar refractivity (Wildman–Crippen MR) is 80.0 cm³/mol. The molecule has 0 nitrogen and oxygen atoms in total. The molecule has 12 saturated carbocycles. The van der Waals surface area contributed by atoms with Crippen LogP contribution in [0.3, 0.4) is 0 Å². The summed E-state index contributed by atoms with van der Waals surface area (Å²) in [5, 5.41) is 0. The third-order valence-electron chi connectivity index (χ3n) is 13.4. The van der Waals surface area contributed by atoms with Gasteiger partial charge in [0.1, 0.15) is 0 Å². The van der Waals surface area contributed by atoms with Crippen molar-refractivity contribution in [2.75, 3.05) is 0 Å². The second kappa shape index (κ2) is 2.06. The lowest BCUT2D eigenvalue weighted by molar-refractivity contribution is 0.198. The van der Waals surface area contributed by atoms with Crippen LogP contribution in [0.15, 0.2) is 0 Å². The number of hydrogen-bond acceptors (Lipinski definition) is 0. The second-order valence-corrected chi connectivity index (χ2v) is 13.0. The molecule has 112 valence electrons. The van der Waals surface area contributed by atoms with Crippen LogP contribution in [0.5, 0.6) is 0 Å². The molecule has 0 aliphatic heterocycles. The Labute approximate surface area is 139 Å². The molecule has 12 atom stereocenters. The van der Waals surface area contributed by atoms with Gasteiger partial charge in [0, 0.05) is 0 Å². The molecule has 12 rings (SSSR count). The molecule has 0 aromatic carbocycles. The highest BCUT2D eigenvalue weighted by Gasteiger charge is 3.04. The van der Waals surface area contributed by atoms with E-state index in [9.17, 15) is 0 Å². The van der Waals surface area contributed by atoms with Gasteiger partial charge < -0.3 is 0 Å². The molecule has 12 unspecified atom stereocenters. The third-order valence-corrected chi connectivity index (χ3v) is 14.9. The molecular weight excluding hydrogens is 311 g/mol. The van der Waals surface area contributed by atoms with Crippen LogP contribution in [0.1, 0.15) is 0 Å². The summed E-state index contributed by atoms with van der Waals surface area (Å²) < 4.78 is 0. The molecule has 22 heavy (non-hydrogen) atoms. The van der Waals surface area contributed by atoms with Crippen molar-refractivity contribution in [1.29, 1.82) is 0 Å². The normalized spacial score (nSPS) is 106. The SMILES string of the molecule is ClC12C3C4C5C6C3C3C7C6C6C5C5C4C1C1C(C32)C7C6(Cl)C51. The van der Waals surface area contributed by atoms with E-state index in [-0.39, 0.29) is 0 Å². The summed E-state index contributed by atoms with van der Waals surface area (Å²) in [5.74, 6) is 18.6. The number of hydrogen-bond donors (Lipinski definition) is 0. The summed E-state index contributed by atoms with van der Waals surface area (Å²) >= 11 is 15.5. The van der Waals surface area contributed by atoms with Gasteiger partial charge >= 0.3 is 0 Å². The molecule has 0 bridgehead atoms. The zero-order chi connectivity index (χ0) is 13.4. The maximum absolute atomic E-state index is 7.75. The maximum Gasteiger partial charge on any atom is 0.0548 e. The molecule has 12 aliphatic carbocycles. The summed E-state index contributed by atoms with van der Waals surface area (Å²) in [6, 6.07) is 0. The minimum Gasteiger partial charge on any atom is -0.118 e. The van der Waals surface area contributed by atoms with E-state index in [2.05, 4.69) is 0 Å². The van der Waals surface area contributed by atoms with Gasteiger partial charge in [0.05, 0.1) is 9.75 Å². The molecule has 0 aromatic heterocycles. The van der Waals surface area contributed by atoms with Gasteiger partial charge in [-0.15, -0.1) is 23.2 Å². The van der Waals surface area contributed by atoms with Crippen molar-refractivity contribution in [3.05, 3.63) is 0 Å². The van der Waals surface area contributed by atoms with Gasteiger partial charge in [-0.2, -0.15) is 0 Å². The zero-order valence-electron chi connectivity index (χ0n) is 12.1. The Morgan fingerprint density at radius 3 is 0.864 bits per heavy atom. The van der Waals surface area contributed by atoms with Crippen molar-refractivity contribution < 1.29 is 0 Å². The van der Waals surface area contributed by atoms with Crippen molar-refractivity contribution in [3.8, 4) is 0 Å². The van der Waals surface area contributed by atoms with Crippen LogP contribution in [-0.2, 0) is 0 Å². The van der Waals surface area contributed by atoms with Crippen molar-refractivity contribution >= 4 is 23.2 Å². The van der Waals surface area contributed by atoms with Gasteiger partial charge in [0.25, 0.3) is 0 Å². The molecule has 0 amide bonds. The second-order valence-electron chi connectivity index (χ2n) is 11.7. The molecule has 0 N–H and O–H groups in total. The lowest BCUT2D eigenvalue weighted by Crippen LogP contribution is -2.41. The van der Waals surface area contributed by atoms with Gasteiger partial charge in [-0.1, -0.05) is 0 Å². The van der Waals surface area contributed by atoms with Crippen molar-refractivity contribution in [3.63, 3.8) is 0 Å². The van der Waals surface area contributed by atoms with Crippen LogP contribution in [0.25, 0.3) is 0 Å². The molecule has 0 aromatic rings. The van der Waals surface area contributed by atoms with E-state index in [1.807, 2.05) is 0 Å². The van der Waals surface area contributed by atoms with E-state index in [1.54, 1.807) is 0 Å². The Bertz CT molecular complexity index is 686. The number of halogens is 2. The first-order valence-corrected chi connectivity index (χ1v) is 10.9. The Hall–Kier alpha value is 0.580. The standard InChI is InChI=1S/C20H18Cl2/c21-19-13-3-1-2-5(13)9-10-6(2)14-4(1)8-7(3)15(19)11-12(17(9)19)18(10)20(14,22)16(8)11/h1-18H. The van der Waals surface area contributed by atoms with Crippen LogP contribution < -0.4 is 0 Å². The fraction of sp³-hybridized carbons (Fsp3) is 1.00. The van der Waals surface area contributed by atoms with Crippen molar-refractivity contribution in [2.45, 2.75) is 9.75 Å². The lowest BCUT2D eigenvalue weighted by atomic mass is 9.77. The first-order valence-electron chi connectivity index (χ1n) is 10.1. The van der Waals surface area contributed by atoms with E-state index in [0.29, 0.717) is 9.75 Å². The zero-order valence-corrected chi connectivity index (χ0v) is 13.7. The summed E-state index contributed by atoms with van der Waals surface area (Å²) in [5.41, 5.74) is 0. The van der Waals surface area contributed by atoms with Crippen LogP contribution >= 0.6 is 23.2 Å². The first kappa shape index (κ1) is 9.91. The highest BCUT2D eigenvalue weighted by atomic mass is 35.5. The van der Waals surface area contributed by atoms with E-state index in [1.165, 1.54) is 0 Å². The van der Waals surface area contributed by atoms with Crippen LogP contribution in [0.4, 0.5) is 0 Å². The summed E-state index contributed by atoms with van der Waals surface area (Å²) in [4.78, 5) is 0.594. The Morgan fingerprint density at radius 1 is 0.318 bits per heavy atom. The molecule has 2 heteroatoms. The quantitative estimate of drug-likeness (QED) is 0.599. The molecule has 0 radical (unpaired) electrons. The number of rotatable bonds is 0. The van der Waals surface area contributed by atoms with Crippen LogP contribution in [0, 0.1) is 107 Å². The van der Waals surface area contributed by atoms with Crippen LogP contribution in [-0.4, -0.2) is 9.75 Å². The minimum absolute atomic E-state index is 0.297. The van der Waals surface area contributed by atoms with E-state index < -0.39 is 0 Å². The number of alkyl halides is 2. The highest BCUT2D eigenvalue weighted by molar-refractivity contribution is 6.27.